The topological polar surface area (TPSA) is 26.3 Å². The molecule has 0 aromatic heterocycles. The highest BCUT2D eigenvalue weighted by Gasteiger charge is 1.96. The molecule has 0 aliphatic carbocycles. The number of rotatable bonds is 15. The summed E-state index contributed by atoms with van der Waals surface area (Å²) in [7, 11) is 1.44. The Morgan fingerprint density at radius 3 is 1.87 bits per heavy atom. The fourth-order valence-corrected chi connectivity index (χ4v) is 2.29. The first kappa shape index (κ1) is 21.7. The van der Waals surface area contributed by atoms with Crippen LogP contribution in [0.2, 0.25) is 0 Å². The molecule has 0 aromatic carbocycles. The van der Waals surface area contributed by atoms with Gasteiger partial charge in [-0.2, -0.15) is 0 Å². The van der Waals surface area contributed by atoms with E-state index in [2.05, 4.69) is 48.1 Å². The van der Waals surface area contributed by atoms with Gasteiger partial charge in [-0.15, -0.1) is 0 Å². The van der Waals surface area contributed by atoms with E-state index in [0.29, 0.717) is 6.42 Å². The summed E-state index contributed by atoms with van der Waals surface area (Å²) in [5.41, 5.74) is 0. The minimum atomic E-state index is -0.119. The standard InChI is InChI=1S/C21H36O2/c1-3-4-5-6-7-8-9-10-11-12-13-14-15-16-17-18-19-20-21(22)23-2/h10-11,13-14,16-17H,3-9,12,15,18-20H2,1-2H3/b11-10+,14-13-,17-16+. The third-order valence-corrected chi connectivity index (χ3v) is 3.75. The van der Waals surface area contributed by atoms with Crippen LogP contribution in [0.4, 0.5) is 0 Å². The van der Waals surface area contributed by atoms with Crippen molar-refractivity contribution in [3.63, 3.8) is 0 Å². The van der Waals surface area contributed by atoms with Crippen molar-refractivity contribution >= 4 is 5.97 Å². The van der Waals surface area contributed by atoms with Crippen molar-refractivity contribution in [1.82, 2.24) is 0 Å². The van der Waals surface area contributed by atoms with Gasteiger partial charge in [-0.3, -0.25) is 4.79 Å². The van der Waals surface area contributed by atoms with Gasteiger partial charge in [0.2, 0.25) is 0 Å². The number of ether oxygens (including phenoxy) is 1. The molecular formula is C21H36O2. The van der Waals surface area contributed by atoms with Crippen molar-refractivity contribution in [3.05, 3.63) is 36.5 Å². The van der Waals surface area contributed by atoms with Gasteiger partial charge in [-0.05, 0) is 38.5 Å². The molecule has 0 amide bonds. The number of unbranched alkanes of at least 4 members (excludes halogenated alkanes) is 7. The van der Waals surface area contributed by atoms with E-state index in [9.17, 15) is 4.79 Å². The number of esters is 1. The van der Waals surface area contributed by atoms with Crippen LogP contribution in [0.25, 0.3) is 0 Å². The average molecular weight is 321 g/mol. The predicted molar refractivity (Wildman–Crippen MR) is 101 cm³/mol. The number of hydrogen-bond donors (Lipinski definition) is 0. The molecule has 0 radical (unpaired) electrons. The van der Waals surface area contributed by atoms with Gasteiger partial charge in [0.15, 0.2) is 0 Å². The van der Waals surface area contributed by atoms with Gasteiger partial charge in [-0.1, -0.05) is 75.5 Å². The molecule has 0 aliphatic heterocycles. The third-order valence-electron chi connectivity index (χ3n) is 3.75. The molecule has 0 aliphatic rings. The van der Waals surface area contributed by atoms with Gasteiger partial charge in [0, 0.05) is 6.42 Å². The molecule has 0 unspecified atom stereocenters. The first-order valence-corrected chi connectivity index (χ1v) is 9.33. The molecule has 0 N–H and O–H groups in total. The summed E-state index contributed by atoms with van der Waals surface area (Å²) in [4.78, 5) is 10.9. The van der Waals surface area contributed by atoms with Gasteiger partial charge in [0.1, 0.15) is 0 Å². The van der Waals surface area contributed by atoms with Crippen LogP contribution in [0.3, 0.4) is 0 Å². The fraction of sp³-hybridized carbons (Fsp3) is 0.667. The second-order valence-corrected chi connectivity index (χ2v) is 5.91. The zero-order chi connectivity index (χ0) is 17.0. The maximum Gasteiger partial charge on any atom is 0.305 e. The Balaban J connectivity index is 3.33. The lowest BCUT2D eigenvalue weighted by Crippen LogP contribution is -1.98. The van der Waals surface area contributed by atoms with Gasteiger partial charge >= 0.3 is 5.97 Å². The Kier molecular flexibility index (Phi) is 17.7. The minimum absolute atomic E-state index is 0.119. The molecule has 0 fully saturated rings. The van der Waals surface area contributed by atoms with E-state index in [4.69, 9.17) is 0 Å². The molecule has 0 saturated heterocycles. The Morgan fingerprint density at radius 2 is 1.26 bits per heavy atom. The number of allylic oxidation sites excluding steroid dienone is 6. The number of carbonyl (C=O) groups is 1. The molecule has 2 nitrogen and oxygen atoms in total. The molecule has 0 rings (SSSR count). The largest absolute Gasteiger partial charge is 0.469 e. The predicted octanol–water partition coefficient (Wildman–Crippen LogP) is 6.53. The maximum absolute atomic E-state index is 10.9. The molecule has 2 heteroatoms. The molecule has 0 saturated carbocycles. The lowest BCUT2D eigenvalue weighted by Gasteiger charge is -1.97. The molecule has 0 aromatic rings. The highest BCUT2D eigenvalue weighted by atomic mass is 16.5. The maximum atomic E-state index is 10.9. The SMILES string of the molecule is CCCCCCCC/C=C/C/C=C\C/C=C/CCCC(=O)OC. The van der Waals surface area contributed by atoms with E-state index in [1.54, 1.807) is 0 Å². The normalized spacial score (nSPS) is 11.9. The lowest BCUT2D eigenvalue weighted by molar-refractivity contribution is -0.140. The summed E-state index contributed by atoms with van der Waals surface area (Å²) in [6.07, 6.45) is 27.1. The third kappa shape index (κ3) is 18.6. The van der Waals surface area contributed by atoms with E-state index in [1.165, 1.54) is 52.1 Å². The van der Waals surface area contributed by atoms with Crippen LogP contribution in [-0.4, -0.2) is 13.1 Å². The minimum Gasteiger partial charge on any atom is -0.469 e. The van der Waals surface area contributed by atoms with Crippen molar-refractivity contribution in [2.45, 2.75) is 84.0 Å². The Morgan fingerprint density at radius 1 is 0.739 bits per heavy atom. The van der Waals surface area contributed by atoms with Crippen molar-refractivity contribution < 1.29 is 9.53 Å². The quantitative estimate of drug-likeness (QED) is 0.195. The lowest BCUT2D eigenvalue weighted by atomic mass is 10.1. The first-order chi connectivity index (χ1) is 11.3. The first-order valence-electron chi connectivity index (χ1n) is 9.33. The molecule has 23 heavy (non-hydrogen) atoms. The van der Waals surface area contributed by atoms with Gasteiger partial charge < -0.3 is 4.74 Å². The van der Waals surface area contributed by atoms with E-state index >= 15 is 0 Å². The number of carbonyl (C=O) groups excluding carboxylic acids is 1. The highest BCUT2D eigenvalue weighted by Crippen LogP contribution is 2.07. The van der Waals surface area contributed by atoms with Crippen molar-refractivity contribution in [2.75, 3.05) is 7.11 Å². The molecular weight excluding hydrogens is 284 g/mol. The monoisotopic (exact) mass is 320 g/mol. The smallest absolute Gasteiger partial charge is 0.305 e. The molecule has 0 atom stereocenters. The summed E-state index contributed by atoms with van der Waals surface area (Å²) >= 11 is 0. The highest BCUT2D eigenvalue weighted by molar-refractivity contribution is 5.68. The second kappa shape index (κ2) is 18.7. The summed E-state index contributed by atoms with van der Waals surface area (Å²) in [5, 5.41) is 0. The van der Waals surface area contributed by atoms with Crippen LogP contribution in [0.1, 0.15) is 84.0 Å². The zero-order valence-electron chi connectivity index (χ0n) is 15.3. The zero-order valence-corrected chi connectivity index (χ0v) is 15.3. The molecule has 0 heterocycles. The van der Waals surface area contributed by atoms with E-state index in [1.807, 2.05) is 0 Å². The molecule has 0 spiro atoms. The Labute approximate surface area is 143 Å². The van der Waals surface area contributed by atoms with Crippen molar-refractivity contribution in [2.24, 2.45) is 0 Å². The number of hydrogen-bond acceptors (Lipinski definition) is 2. The van der Waals surface area contributed by atoms with E-state index < -0.39 is 0 Å². The van der Waals surface area contributed by atoms with Gasteiger partial charge in [-0.25, -0.2) is 0 Å². The summed E-state index contributed by atoms with van der Waals surface area (Å²) in [6.45, 7) is 2.26. The van der Waals surface area contributed by atoms with Crippen LogP contribution in [0, 0.1) is 0 Å². The van der Waals surface area contributed by atoms with Crippen LogP contribution in [-0.2, 0) is 9.53 Å². The molecule has 0 bridgehead atoms. The van der Waals surface area contributed by atoms with Crippen LogP contribution in [0.15, 0.2) is 36.5 Å². The fourth-order valence-electron chi connectivity index (χ4n) is 2.29. The van der Waals surface area contributed by atoms with Crippen molar-refractivity contribution in [1.29, 1.82) is 0 Å². The summed E-state index contributed by atoms with van der Waals surface area (Å²) < 4.78 is 4.60. The van der Waals surface area contributed by atoms with Crippen LogP contribution >= 0.6 is 0 Å². The summed E-state index contributed by atoms with van der Waals surface area (Å²) in [5.74, 6) is -0.119. The number of methoxy groups -OCH3 is 1. The van der Waals surface area contributed by atoms with Crippen LogP contribution < -0.4 is 0 Å². The van der Waals surface area contributed by atoms with Gasteiger partial charge in [0.05, 0.1) is 7.11 Å². The Bertz CT molecular complexity index is 340. The second-order valence-electron chi connectivity index (χ2n) is 5.91. The van der Waals surface area contributed by atoms with Crippen LogP contribution in [0.5, 0.6) is 0 Å². The van der Waals surface area contributed by atoms with Crippen molar-refractivity contribution in [3.8, 4) is 0 Å². The molecule has 132 valence electrons. The van der Waals surface area contributed by atoms with Gasteiger partial charge in [0.25, 0.3) is 0 Å². The Hall–Kier alpha value is -1.31. The van der Waals surface area contributed by atoms with E-state index in [0.717, 1.165) is 25.7 Å². The average Bonchev–Trinajstić information content (AvgIpc) is 2.57. The van der Waals surface area contributed by atoms with E-state index in [-0.39, 0.29) is 5.97 Å². The summed E-state index contributed by atoms with van der Waals surface area (Å²) in [6, 6.07) is 0.